The molecule has 0 aliphatic heterocycles. The lowest BCUT2D eigenvalue weighted by atomic mass is 10.0. The summed E-state index contributed by atoms with van der Waals surface area (Å²) in [5, 5.41) is 5.34. The molecule has 0 aliphatic carbocycles. The second-order valence-corrected chi connectivity index (χ2v) is 5.62. The minimum absolute atomic E-state index is 0.0495. The fourth-order valence-corrected chi connectivity index (χ4v) is 1.88. The molecule has 0 saturated carbocycles. The number of urea groups is 1. The van der Waals surface area contributed by atoms with E-state index in [1.54, 1.807) is 0 Å². The van der Waals surface area contributed by atoms with Crippen LogP contribution in [0, 0.1) is 5.92 Å². The summed E-state index contributed by atoms with van der Waals surface area (Å²) in [6, 6.07) is 6.55. The third kappa shape index (κ3) is 5.10. The van der Waals surface area contributed by atoms with Gasteiger partial charge >= 0.3 is 12.0 Å². The minimum Gasteiger partial charge on any atom is -0.467 e. The van der Waals surface area contributed by atoms with Gasteiger partial charge in [-0.1, -0.05) is 39.8 Å². The predicted molar refractivity (Wildman–Crippen MR) is 83.3 cm³/mol. The lowest BCUT2D eigenvalue weighted by molar-refractivity contribution is -0.143. The molecule has 0 heterocycles. The third-order valence-corrected chi connectivity index (χ3v) is 3.24. The number of anilines is 1. The number of esters is 1. The monoisotopic (exact) mass is 292 g/mol. The number of rotatable bonds is 5. The standard InChI is InChI=1S/C16H24N2O3/c1-10(2)12-6-8-13(9-7-12)17-16(20)18-14(11(3)4)15(19)21-5/h6-11,14H,1-5H3,(H2,17,18,20). The van der Waals surface area contributed by atoms with E-state index in [4.69, 9.17) is 0 Å². The summed E-state index contributed by atoms with van der Waals surface area (Å²) in [6.07, 6.45) is 0. The quantitative estimate of drug-likeness (QED) is 0.819. The van der Waals surface area contributed by atoms with Crippen molar-refractivity contribution >= 4 is 17.7 Å². The molecule has 2 amide bonds. The molecule has 116 valence electrons. The van der Waals surface area contributed by atoms with E-state index in [2.05, 4.69) is 29.2 Å². The van der Waals surface area contributed by atoms with E-state index in [0.717, 1.165) is 0 Å². The molecule has 1 unspecified atom stereocenters. The Balaban J connectivity index is 2.65. The molecule has 0 aliphatic rings. The molecule has 0 saturated heterocycles. The van der Waals surface area contributed by atoms with E-state index in [-0.39, 0.29) is 5.92 Å². The van der Waals surface area contributed by atoms with Crippen molar-refractivity contribution in [2.75, 3.05) is 12.4 Å². The van der Waals surface area contributed by atoms with E-state index < -0.39 is 18.0 Å². The van der Waals surface area contributed by atoms with E-state index >= 15 is 0 Å². The summed E-state index contributed by atoms with van der Waals surface area (Å²) in [5.74, 6) is -0.0562. The van der Waals surface area contributed by atoms with Crippen LogP contribution in [0.15, 0.2) is 24.3 Å². The summed E-state index contributed by atoms with van der Waals surface area (Å²) >= 11 is 0. The van der Waals surface area contributed by atoms with Gasteiger partial charge in [0.1, 0.15) is 6.04 Å². The van der Waals surface area contributed by atoms with E-state index in [1.807, 2.05) is 38.1 Å². The summed E-state index contributed by atoms with van der Waals surface area (Å²) < 4.78 is 4.69. The van der Waals surface area contributed by atoms with Crippen LogP contribution >= 0.6 is 0 Å². The molecule has 0 radical (unpaired) electrons. The first kappa shape index (κ1) is 17.0. The van der Waals surface area contributed by atoms with Crippen LogP contribution in [0.3, 0.4) is 0 Å². The number of carbonyl (C=O) groups is 2. The number of ether oxygens (including phenoxy) is 1. The molecule has 1 rings (SSSR count). The highest BCUT2D eigenvalue weighted by Gasteiger charge is 2.24. The van der Waals surface area contributed by atoms with Gasteiger partial charge in [0.2, 0.25) is 0 Å². The molecule has 0 aromatic heterocycles. The zero-order valence-corrected chi connectivity index (χ0v) is 13.3. The van der Waals surface area contributed by atoms with Gasteiger partial charge in [-0.25, -0.2) is 9.59 Å². The second kappa shape index (κ2) is 7.67. The smallest absolute Gasteiger partial charge is 0.328 e. The number of carbonyl (C=O) groups excluding carboxylic acids is 2. The van der Waals surface area contributed by atoms with Crippen molar-refractivity contribution in [2.24, 2.45) is 5.92 Å². The van der Waals surface area contributed by atoms with Gasteiger partial charge in [-0.2, -0.15) is 0 Å². The van der Waals surface area contributed by atoms with Gasteiger partial charge in [0.05, 0.1) is 7.11 Å². The molecule has 0 fully saturated rings. The minimum atomic E-state index is -0.662. The van der Waals surface area contributed by atoms with Crippen LogP contribution < -0.4 is 10.6 Å². The molecule has 21 heavy (non-hydrogen) atoms. The average molecular weight is 292 g/mol. The zero-order chi connectivity index (χ0) is 16.0. The fourth-order valence-electron chi connectivity index (χ4n) is 1.88. The molecule has 2 N–H and O–H groups in total. The summed E-state index contributed by atoms with van der Waals surface area (Å²) in [7, 11) is 1.31. The fraction of sp³-hybridized carbons (Fsp3) is 0.500. The summed E-state index contributed by atoms with van der Waals surface area (Å²) in [6.45, 7) is 7.91. The van der Waals surface area contributed by atoms with Gasteiger partial charge in [-0.3, -0.25) is 0 Å². The van der Waals surface area contributed by atoms with Crippen LogP contribution in [0.4, 0.5) is 10.5 Å². The third-order valence-electron chi connectivity index (χ3n) is 3.24. The van der Waals surface area contributed by atoms with Gasteiger partial charge in [0.15, 0.2) is 0 Å². The van der Waals surface area contributed by atoms with Crippen molar-refractivity contribution in [2.45, 2.75) is 39.7 Å². The number of hydrogen-bond donors (Lipinski definition) is 2. The Hall–Kier alpha value is -2.04. The lowest BCUT2D eigenvalue weighted by Crippen LogP contribution is -2.46. The topological polar surface area (TPSA) is 67.4 Å². The van der Waals surface area contributed by atoms with Gasteiger partial charge in [-0.05, 0) is 29.5 Å². The molecule has 0 spiro atoms. The molecule has 1 aromatic rings. The first-order valence-corrected chi connectivity index (χ1v) is 7.10. The molecule has 0 bridgehead atoms. The Bertz CT molecular complexity index is 481. The lowest BCUT2D eigenvalue weighted by Gasteiger charge is -2.20. The second-order valence-electron chi connectivity index (χ2n) is 5.62. The van der Waals surface area contributed by atoms with Crippen molar-refractivity contribution in [3.63, 3.8) is 0 Å². The van der Waals surface area contributed by atoms with Gasteiger partial charge in [0, 0.05) is 5.69 Å². The maximum Gasteiger partial charge on any atom is 0.328 e. The Morgan fingerprint density at radius 2 is 1.62 bits per heavy atom. The molecule has 5 heteroatoms. The van der Waals surface area contributed by atoms with Gasteiger partial charge in [-0.15, -0.1) is 0 Å². The van der Waals surface area contributed by atoms with Crippen LogP contribution in [0.1, 0.15) is 39.2 Å². The van der Waals surface area contributed by atoms with Crippen LogP contribution in [0.2, 0.25) is 0 Å². The number of methoxy groups -OCH3 is 1. The van der Waals surface area contributed by atoms with Crippen LogP contribution in [0.25, 0.3) is 0 Å². The maximum atomic E-state index is 11.9. The van der Waals surface area contributed by atoms with Crippen LogP contribution in [-0.4, -0.2) is 25.2 Å². The molecule has 1 aromatic carbocycles. The number of hydrogen-bond acceptors (Lipinski definition) is 3. The van der Waals surface area contributed by atoms with Crippen molar-refractivity contribution in [1.29, 1.82) is 0 Å². The Labute approximate surface area is 126 Å². The van der Waals surface area contributed by atoms with Crippen LogP contribution in [0.5, 0.6) is 0 Å². The SMILES string of the molecule is COC(=O)C(NC(=O)Nc1ccc(C(C)C)cc1)C(C)C. The Kier molecular flexibility index (Phi) is 6.21. The van der Waals surface area contributed by atoms with Gasteiger partial charge < -0.3 is 15.4 Å². The van der Waals surface area contributed by atoms with E-state index in [9.17, 15) is 9.59 Å². The first-order valence-electron chi connectivity index (χ1n) is 7.10. The van der Waals surface area contributed by atoms with E-state index in [0.29, 0.717) is 11.6 Å². The number of amides is 2. The van der Waals surface area contributed by atoms with Crippen LogP contribution in [-0.2, 0) is 9.53 Å². The largest absolute Gasteiger partial charge is 0.467 e. The Morgan fingerprint density at radius 3 is 2.05 bits per heavy atom. The highest BCUT2D eigenvalue weighted by atomic mass is 16.5. The van der Waals surface area contributed by atoms with Crippen molar-refractivity contribution in [1.82, 2.24) is 5.32 Å². The highest BCUT2D eigenvalue weighted by molar-refractivity contribution is 5.92. The van der Waals surface area contributed by atoms with E-state index in [1.165, 1.54) is 12.7 Å². The average Bonchev–Trinajstić information content (AvgIpc) is 2.44. The van der Waals surface area contributed by atoms with Crippen molar-refractivity contribution in [3.05, 3.63) is 29.8 Å². The first-order chi connectivity index (χ1) is 9.85. The predicted octanol–water partition coefficient (Wildman–Crippen LogP) is 3.13. The van der Waals surface area contributed by atoms with Gasteiger partial charge in [0.25, 0.3) is 0 Å². The molecule has 1 atom stereocenters. The molecular formula is C16H24N2O3. The van der Waals surface area contributed by atoms with Crippen molar-refractivity contribution < 1.29 is 14.3 Å². The number of nitrogens with one attached hydrogen (secondary N) is 2. The summed E-state index contributed by atoms with van der Waals surface area (Å²) in [4.78, 5) is 23.5. The number of benzene rings is 1. The van der Waals surface area contributed by atoms with Crippen molar-refractivity contribution in [3.8, 4) is 0 Å². The normalized spacial score (nSPS) is 12.1. The maximum absolute atomic E-state index is 11.9. The zero-order valence-electron chi connectivity index (χ0n) is 13.3. The summed E-state index contributed by atoms with van der Waals surface area (Å²) in [5.41, 5.74) is 1.89. The molecule has 5 nitrogen and oxygen atoms in total. The highest BCUT2D eigenvalue weighted by Crippen LogP contribution is 2.17. The molecular weight excluding hydrogens is 268 g/mol. The Morgan fingerprint density at radius 1 is 1.05 bits per heavy atom.